The number of rotatable bonds is 8. The van der Waals surface area contributed by atoms with Gasteiger partial charge >= 0.3 is 0 Å². The van der Waals surface area contributed by atoms with Crippen molar-refractivity contribution in [3.63, 3.8) is 0 Å². The van der Waals surface area contributed by atoms with Gasteiger partial charge in [-0.25, -0.2) is 8.42 Å². The van der Waals surface area contributed by atoms with Crippen LogP contribution in [0.2, 0.25) is 0 Å². The van der Waals surface area contributed by atoms with Crippen molar-refractivity contribution < 1.29 is 13.2 Å². The molecule has 1 atom stereocenters. The second-order valence-electron chi connectivity index (χ2n) is 8.14. The highest BCUT2D eigenvalue weighted by Gasteiger charge is 2.44. The first-order chi connectivity index (χ1) is 13.6. The Kier molecular flexibility index (Phi) is 5.87. The van der Waals surface area contributed by atoms with E-state index in [1.54, 1.807) is 22.9 Å². The van der Waals surface area contributed by atoms with Crippen molar-refractivity contribution >= 4 is 21.4 Å². The van der Waals surface area contributed by atoms with Crippen LogP contribution >= 0.6 is 0 Å². The van der Waals surface area contributed by atoms with E-state index in [1.807, 2.05) is 27.7 Å². The molecule has 1 amide bonds. The number of carbonyl (C=O) groups is 1. The molecule has 1 aliphatic rings. The minimum Gasteiger partial charge on any atom is -0.326 e. The smallest absolute Gasteiger partial charge is 0.230 e. The monoisotopic (exact) mass is 418 g/mol. The number of hydrogen-bond acceptors (Lipinski definition) is 5. The molecule has 0 aliphatic heterocycles. The van der Waals surface area contributed by atoms with Crippen molar-refractivity contribution in [2.75, 3.05) is 5.32 Å². The number of anilines is 1. The first-order valence-corrected chi connectivity index (χ1v) is 11.6. The fourth-order valence-corrected chi connectivity index (χ4v) is 5.23. The largest absolute Gasteiger partial charge is 0.326 e. The van der Waals surface area contributed by atoms with Crippen LogP contribution in [0.3, 0.4) is 0 Å². The number of carbonyl (C=O) groups excluding carboxylic acids is 1. The Morgan fingerprint density at radius 2 is 2.00 bits per heavy atom. The topological polar surface area (TPSA) is 107 Å². The zero-order valence-corrected chi connectivity index (χ0v) is 18.3. The second-order valence-corrected chi connectivity index (χ2v) is 10.0. The van der Waals surface area contributed by atoms with Crippen molar-refractivity contribution in [3.05, 3.63) is 35.7 Å². The molecule has 0 saturated heterocycles. The van der Waals surface area contributed by atoms with E-state index in [1.165, 1.54) is 6.07 Å². The highest BCUT2D eigenvalue weighted by atomic mass is 32.2. The van der Waals surface area contributed by atoms with Crippen LogP contribution in [0.25, 0.3) is 0 Å². The van der Waals surface area contributed by atoms with Crippen molar-refractivity contribution in [2.45, 2.75) is 75.8 Å². The fraction of sp³-hybridized carbons (Fsp3) is 0.524. The second kappa shape index (κ2) is 7.91. The SMILES string of the molecule is CCc1nn(CC(C)N)c(CC)c1S(=O)(=O)c1cccc(NC(=O)C2(C)CC2)c1. The summed E-state index contributed by atoms with van der Waals surface area (Å²) in [4.78, 5) is 12.8. The van der Waals surface area contributed by atoms with Gasteiger partial charge in [-0.2, -0.15) is 5.10 Å². The van der Waals surface area contributed by atoms with E-state index in [2.05, 4.69) is 10.4 Å². The third kappa shape index (κ3) is 4.23. The average Bonchev–Trinajstić information content (AvgIpc) is 3.32. The van der Waals surface area contributed by atoms with E-state index in [0.29, 0.717) is 36.5 Å². The summed E-state index contributed by atoms with van der Waals surface area (Å²) in [7, 11) is -3.79. The quantitative estimate of drug-likeness (QED) is 0.685. The Hall–Kier alpha value is -2.19. The van der Waals surface area contributed by atoms with Gasteiger partial charge in [0.15, 0.2) is 0 Å². The van der Waals surface area contributed by atoms with Gasteiger partial charge in [-0.15, -0.1) is 0 Å². The molecule has 158 valence electrons. The number of aryl methyl sites for hydroxylation is 1. The minimum atomic E-state index is -3.79. The summed E-state index contributed by atoms with van der Waals surface area (Å²) in [6, 6.07) is 6.32. The summed E-state index contributed by atoms with van der Waals surface area (Å²) < 4.78 is 28.8. The normalized spacial score (nSPS) is 16.4. The number of benzene rings is 1. The molecule has 0 spiro atoms. The van der Waals surface area contributed by atoms with Crippen LogP contribution in [0.1, 0.15) is 51.9 Å². The minimum absolute atomic E-state index is 0.0692. The fourth-order valence-electron chi connectivity index (χ4n) is 3.40. The van der Waals surface area contributed by atoms with Crippen LogP contribution in [0.5, 0.6) is 0 Å². The van der Waals surface area contributed by atoms with Gasteiger partial charge in [-0.1, -0.05) is 26.8 Å². The first kappa shape index (κ1) is 21.5. The Morgan fingerprint density at radius 1 is 1.31 bits per heavy atom. The lowest BCUT2D eigenvalue weighted by molar-refractivity contribution is -0.120. The number of nitrogens with zero attached hydrogens (tertiary/aromatic N) is 2. The molecule has 8 heteroatoms. The summed E-state index contributed by atoms with van der Waals surface area (Å²) >= 11 is 0. The van der Waals surface area contributed by atoms with Gasteiger partial charge in [0.05, 0.1) is 22.8 Å². The number of sulfone groups is 1. The average molecular weight is 419 g/mol. The number of nitrogens with two attached hydrogens (primary N) is 1. The third-order valence-corrected chi connectivity index (χ3v) is 7.31. The summed E-state index contributed by atoms with van der Waals surface area (Å²) in [6.45, 7) is 8.05. The third-order valence-electron chi connectivity index (χ3n) is 5.43. The first-order valence-electron chi connectivity index (χ1n) is 10.1. The highest BCUT2D eigenvalue weighted by molar-refractivity contribution is 7.91. The van der Waals surface area contributed by atoms with Crippen LogP contribution in [-0.2, 0) is 34.0 Å². The molecule has 3 N–H and O–H groups in total. The summed E-state index contributed by atoms with van der Waals surface area (Å²) in [6.07, 6.45) is 2.75. The Labute approximate surface area is 172 Å². The number of amides is 1. The van der Waals surface area contributed by atoms with Gasteiger partial charge in [-0.3, -0.25) is 9.48 Å². The van der Waals surface area contributed by atoms with Crippen LogP contribution in [0, 0.1) is 5.41 Å². The Bertz CT molecular complexity index is 1020. The van der Waals surface area contributed by atoms with Crippen LogP contribution < -0.4 is 11.1 Å². The molecule has 3 rings (SSSR count). The zero-order valence-electron chi connectivity index (χ0n) is 17.5. The van der Waals surface area contributed by atoms with Gasteiger partial charge in [0, 0.05) is 17.1 Å². The molecule has 7 nitrogen and oxygen atoms in total. The van der Waals surface area contributed by atoms with Crippen molar-refractivity contribution in [2.24, 2.45) is 11.1 Å². The van der Waals surface area contributed by atoms with Crippen molar-refractivity contribution in [1.29, 1.82) is 0 Å². The molecule has 2 aromatic rings. The molecule has 0 radical (unpaired) electrons. The van der Waals surface area contributed by atoms with E-state index >= 15 is 0 Å². The van der Waals surface area contributed by atoms with E-state index in [0.717, 1.165) is 12.8 Å². The molecule has 1 saturated carbocycles. The van der Waals surface area contributed by atoms with Gasteiger partial charge in [0.2, 0.25) is 15.7 Å². The lowest BCUT2D eigenvalue weighted by atomic mass is 10.1. The van der Waals surface area contributed by atoms with Crippen molar-refractivity contribution in [1.82, 2.24) is 9.78 Å². The van der Waals surface area contributed by atoms with E-state index in [4.69, 9.17) is 5.73 Å². The molecule has 1 aromatic carbocycles. The maximum Gasteiger partial charge on any atom is 0.230 e. The maximum atomic E-state index is 13.5. The van der Waals surface area contributed by atoms with Gasteiger partial charge in [0.1, 0.15) is 4.90 Å². The highest BCUT2D eigenvalue weighted by Crippen LogP contribution is 2.45. The summed E-state index contributed by atoms with van der Waals surface area (Å²) in [5.41, 5.74) is 7.29. The summed E-state index contributed by atoms with van der Waals surface area (Å²) in [5.74, 6) is -0.0692. The van der Waals surface area contributed by atoms with E-state index in [9.17, 15) is 13.2 Å². The lowest BCUT2D eigenvalue weighted by Gasteiger charge is -2.13. The van der Waals surface area contributed by atoms with Crippen LogP contribution in [0.15, 0.2) is 34.1 Å². The molecular formula is C21H30N4O3S. The van der Waals surface area contributed by atoms with E-state index in [-0.39, 0.29) is 27.2 Å². The number of hydrogen-bond donors (Lipinski definition) is 2. The van der Waals surface area contributed by atoms with Gasteiger partial charge in [-0.05, 0) is 50.8 Å². The predicted octanol–water partition coefficient (Wildman–Crippen LogP) is 2.93. The predicted molar refractivity (Wildman–Crippen MR) is 112 cm³/mol. The van der Waals surface area contributed by atoms with Gasteiger partial charge < -0.3 is 11.1 Å². The molecule has 1 fully saturated rings. The molecule has 1 heterocycles. The molecule has 29 heavy (non-hydrogen) atoms. The molecule has 1 aromatic heterocycles. The van der Waals surface area contributed by atoms with Crippen LogP contribution in [-0.4, -0.2) is 30.1 Å². The van der Waals surface area contributed by atoms with E-state index < -0.39 is 9.84 Å². The maximum absolute atomic E-state index is 13.5. The molecule has 0 bridgehead atoms. The molecule has 1 aliphatic carbocycles. The molecular weight excluding hydrogens is 388 g/mol. The standard InChI is InChI=1S/C21H30N4O3S/c1-5-17-19(18(6-2)25(24-17)13-14(3)22)29(27,28)16-9-7-8-15(12-16)23-20(26)21(4)10-11-21/h7-9,12,14H,5-6,10-11,13,22H2,1-4H3,(H,23,26). The van der Waals surface area contributed by atoms with Crippen LogP contribution in [0.4, 0.5) is 5.69 Å². The number of nitrogens with one attached hydrogen (secondary N) is 1. The Balaban J connectivity index is 2.02. The van der Waals surface area contributed by atoms with Gasteiger partial charge in [0.25, 0.3) is 0 Å². The van der Waals surface area contributed by atoms with Crippen molar-refractivity contribution in [3.8, 4) is 0 Å². The summed E-state index contributed by atoms with van der Waals surface area (Å²) in [5, 5.41) is 7.39. The number of aromatic nitrogens is 2. The Morgan fingerprint density at radius 3 is 2.55 bits per heavy atom. The molecule has 1 unspecified atom stereocenters. The lowest BCUT2D eigenvalue weighted by Crippen LogP contribution is -2.24. The zero-order chi connectivity index (χ0) is 21.4.